The number of nitrogens with two attached hydrogens (primary N) is 1. The Morgan fingerprint density at radius 1 is 1.16 bits per heavy atom. The smallest absolute Gasteiger partial charge is 0.141 e. The van der Waals surface area contributed by atoms with Crippen LogP contribution in [0.4, 0.5) is 4.39 Å². The second-order valence-corrected chi connectivity index (χ2v) is 5.41. The Balaban J connectivity index is 1.78. The Kier molecular flexibility index (Phi) is 5.73. The van der Waals surface area contributed by atoms with Crippen LogP contribution in [0.15, 0.2) is 18.3 Å². The molecule has 1 aliphatic rings. The first-order valence-corrected chi connectivity index (χ1v) is 7.35. The number of hydrogen-bond donors (Lipinski definition) is 1. The predicted molar refractivity (Wildman–Crippen MR) is 75.3 cm³/mol. The van der Waals surface area contributed by atoms with Crippen LogP contribution in [0.1, 0.15) is 50.3 Å². The molecule has 4 heteroatoms. The molecule has 2 N–H and O–H groups in total. The summed E-state index contributed by atoms with van der Waals surface area (Å²) in [4.78, 5) is 6.56. The van der Waals surface area contributed by atoms with Crippen LogP contribution in [0.5, 0.6) is 0 Å². The summed E-state index contributed by atoms with van der Waals surface area (Å²) >= 11 is 0. The fourth-order valence-corrected chi connectivity index (χ4v) is 2.61. The van der Waals surface area contributed by atoms with Crippen LogP contribution < -0.4 is 5.73 Å². The summed E-state index contributed by atoms with van der Waals surface area (Å²) in [6.45, 7) is 3.38. The topological polar surface area (TPSA) is 42.1 Å². The molecule has 1 aromatic rings. The molecule has 106 valence electrons. The zero-order chi connectivity index (χ0) is 13.5. The predicted octanol–water partition coefficient (Wildman–Crippen LogP) is 2.88. The molecule has 1 fully saturated rings. The van der Waals surface area contributed by atoms with E-state index in [1.807, 2.05) is 0 Å². The molecule has 3 nitrogen and oxygen atoms in total. The molecule has 1 unspecified atom stereocenters. The lowest BCUT2D eigenvalue weighted by Gasteiger charge is -2.25. The third kappa shape index (κ3) is 4.88. The zero-order valence-electron chi connectivity index (χ0n) is 11.5. The van der Waals surface area contributed by atoms with Crippen molar-refractivity contribution in [1.82, 2.24) is 9.88 Å². The van der Waals surface area contributed by atoms with Gasteiger partial charge in [0.15, 0.2) is 0 Å². The molecule has 0 radical (unpaired) electrons. The first kappa shape index (κ1) is 14.4. The van der Waals surface area contributed by atoms with E-state index in [2.05, 4.69) is 9.88 Å². The lowest BCUT2D eigenvalue weighted by atomic mass is 10.1. The number of pyridine rings is 1. The number of halogens is 1. The van der Waals surface area contributed by atoms with E-state index in [-0.39, 0.29) is 11.9 Å². The Morgan fingerprint density at radius 2 is 1.84 bits per heavy atom. The fourth-order valence-electron chi connectivity index (χ4n) is 2.61. The Labute approximate surface area is 115 Å². The van der Waals surface area contributed by atoms with Gasteiger partial charge in [0, 0.05) is 6.04 Å². The van der Waals surface area contributed by atoms with Crippen molar-refractivity contribution in [2.24, 2.45) is 5.73 Å². The SMILES string of the molecule is NC(CCN1CCCCCCC1)c1ccc(F)cn1. The van der Waals surface area contributed by atoms with Crippen LogP contribution in [0.25, 0.3) is 0 Å². The molecule has 1 atom stereocenters. The number of likely N-dealkylation sites (tertiary alicyclic amines) is 1. The summed E-state index contributed by atoms with van der Waals surface area (Å²) in [7, 11) is 0. The first-order chi connectivity index (χ1) is 9.25. The minimum Gasteiger partial charge on any atom is -0.323 e. The highest BCUT2D eigenvalue weighted by molar-refractivity contribution is 5.09. The summed E-state index contributed by atoms with van der Waals surface area (Å²) in [5.74, 6) is -0.306. The van der Waals surface area contributed by atoms with Gasteiger partial charge in [0.25, 0.3) is 0 Å². The first-order valence-electron chi connectivity index (χ1n) is 7.35. The molecular formula is C15H24FN3. The van der Waals surface area contributed by atoms with Crippen molar-refractivity contribution in [3.8, 4) is 0 Å². The normalized spacial score (nSPS) is 19.7. The summed E-state index contributed by atoms with van der Waals surface area (Å²) in [6.07, 6.45) is 8.80. The van der Waals surface area contributed by atoms with Crippen molar-refractivity contribution in [2.45, 2.75) is 44.6 Å². The molecule has 19 heavy (non-hydrogen) atoms. The molecular weight excluding hydrogens is 241 g/mol. The van der Waals surface area contributed by atoms with Crippen LogP contribution in [0, 0.1) is 5.82 Å². The molecule has 1 saturated heterocycles. The average Bonchev–Trinajstić information content (AvgIpc) is 2.38. The van der Waals surface area contributed by atoms with E-state index in [9.17, 15) is 4.39 Å². The summed E-state index contributed by atoms with van der Waals surface area (Å²) < 4.78 is 12.8. The highest BCUT2D eigenvalue weighted by Crippen LogP contribution is 2.15. The number of aromatic nitrogens is 1. The van der Waals surface area contributed by atoms with Gasteiger partial charge in [0.05, 0.1) is 11.9 Å². The molecule has 2 heterocycles. The Morgan fingerprint density at radius 3 is 2.47 bits per heavy atom. The lowest BCUT2D eigenvalue weighted by molar-refractivity contribution is 0.239. The highest BCUT2D eigenvalue weighted by Gasteiger charge is 2.12. The van der Waals surface area contributed by atoms with E-state index < -0.39 is 0 Å². The van der Waals surface area contributed by atoms with E-state index in [0.29, 0.717) is 0 Å². The van der Waals surface area contributed by atoms with E-state index in [0.717, 1.165) is 18.7 Å². The molecule has 1 aliphatic heterocycles. The number of nitrogens with zero attached hydrogens (tertiary/aromatic N) is 2. The number of rotatable bonds is 4. The molecule has 0 spiro atoms. The largest absolute Gasteiger partial charge is 0.323 e. The molecule has 0 aliphatic carbocycles. The van der Waals surface area contributed by atoms with E-state index in [4.69, 9.17) is 5.73 Å². The van der Waals surface area contributed by atoms with Gasteiger partial charge in [0.2, 0.25) is 0 Å². The van der Waals surface area contributed by atoms with E-state index in [1.165, 1.54) is 57.5 Å². The van der Waals surface area contributed by atoms with Gasteiger partial charge in [-0.1, -0.05) is 19.3 Å². The maximum absolute atomic E-state index is 12.8. The van der Waals surface area contributed by atoms with Crippen LogP contribution in [0.3, 0.4) is 0 Å². The molecule has 0 bridgehead atoms. The summed E-state index contributed by atoms with van der Waals surface area (Å²) in [6, 6.07) is 3.03. The van der Waals surface area contributed by atoms with Crippen molar-refractivity contribution < 1.29 is 4.39 Å². The summed E-state index contributed by atoms with van der Waals surface area (Å²) in [5.41, 5.74) is 6.91. The second-order valence-electron chi connectivity index (χ2n) is 5.41. The fraction of sp³-hybridized carbons (Fsp3) is 0.667. The monoisotopic (exact) mass is 265 g/mol. The van der Waals surface area contributed by atoms with Gasteiger partial charge in [-0.05, 0) is 51.0 Å². The quantitative estimate of drug-likeness (QED) is 0.910. The standard InChI is InChI=1S/C15H24FN3/c16-13-6-7-15(18-12-13)14(17)8-11-19-9-4-2-1-3-5-10-19/h6-7,12,14H,1-5,8-11,17H2. The molecule has 2 rings (SSSR count). The number of hydrogen-bond acceptors (Lipinski definition) is 3. The third-order valence-electron chi connectivity index (χ3n) is 3.84. The Bertz CT molecular complexity index is 358. The molecule has 0 amide bonds. The van der Waals surface area contributed by atoms with Gasteiger partial charge in [-0.3, -0.25) is 4.98 Å². The van der Waals surface area contributed by atoms with Crippen molar-refractivity contribution in [3.05, 3.63) is 29.8 Å². The zero-order valence-corrected chi connectivity index (χ0v) is 11.5. The minimum absolute atomic E-state index is 0.0916. The maximum Gasteiger partial charge on any atom is 0.141 e. The molecule has 1 aromatic heterocycles. The van der Waals surface area contributed by atoms with Crippen LogP contribution in [0.2, 0.25) is 0 Å². The van der Waals surface area contributed by atoms with Gasteiger partial charge in [-0.25, -0.2) is 4.39 Å². The lowest BCUT2D eigenvalue weighted by Crippen LogP contribution is -2.30. The van der Waals surface area contributed by atoms with Gasteiger partial charge in [-0.2, -0.15) is 0 Å². The van der Waals surface area contributed by atoms with E-state index in [1.54, 1.807) is 6.07 Å². The summed E-state index contributed by atoms with van der Waals surface area (Å²) in [5, 5.41) is 0. The average molecular weight is 265 g/mol. The van der Waals surface area contributed by atoms with Crippen LogP contribution >= 0.6 is 0 Å². The minimum atomic E-state index is -0.306. The van der Waals surface area contributed by atoms with Gasteiger partial charge < -0.3 is 10.6 Å². The maximum atomic E-state index is 12.8. The van der Waals surface area contributed by atoms with Crippen molar-refractivity contribution >= 4 is 0 Å². The molecule has 0 aromatic carbocycles. The third-order valence-corrected chi connectivity index (χ3v) is 3.84. The van der Waals surface area contributed by atoms with Gasteiger partial charge in [-0.15, -0.1) is 0 Å². The van der Waals surface area contributed by atoms with Crippen molar-refractivity contribution in [2.75, 3.05) is 19.6 Å². The van der Waals surface area contributed by atoms with Gasteiger partial charge in [0.1, 0.15) is 5.82 Å². The van der Waals surface area contributed by atoms with Crippen molar-refractivity contribution in [3.63, 3.8) is 0 Å². The van der Waals surface area contributed by atoms with Crippen LogP contribution in [-0.2, 0) is 0 Å². The molecule has 0 saturated carbocycles. The van der Waals surface area contributed by atoms with Gasteiger partial charge >= 0.3 is 0 Å². The highest BCUT2D eigenvalue weighted by atomic mass is 19.1. The van der Waals surface area contributed by atoms with E-state index >= 15 is 0 Å². The second kappa shape index (κ2) is 7.56. The van der Waals surface area contributed by atoms with Crippen molar-refractivity contribution in [1.29, 1.82) is 0 Å². The Hall–Kier alpha value is -1.00. The van der Waals surface area contributed by atoms with Crippen LogP contribution in [-0.4, -0.2) is 29.5 Å².